The Morgan fingerprint density at radius 2 is 1.74 bits per heavy atom. The van der Waals surface area contributed by atoms with E-state index in [4.69, 9.17) is 4.74 Å². The number of aromatic nitrogens is 5. The quantitative estimate of drug-likeness (QED) is 0.520. The lowest BCUT2D eigenvalue weighted by molar-refractivity contribution is 0.0522. The second-order valence-corrected chi connectivity index (χ2v) is 5.94. The molecule has 140 valence electrons. The molecule has 1 N–H and O–H groups in total. The maximum absolute atomic E-state index is 12.8. The number of aromatic amines is 1. The molecule has 0 aliphatic carbocycles. The van der Waals surface area contributed by atoms with Gasteiger partial charge in [-0.2, -0.15) is 9.36 Å². The van der Waals surface area contributed by atoms with Gasteiger partial charge in [-0.1, -0.05) is 18.2 Å². The molecule has 3 aromatic rings. The number of ether oxygens (including phenoxy) is 1. The van der Waals surface area contributed by atoms with Crippen molar-refractivity contribution in [2.45, 2.75) is 27.3 Å². The lowest BCUT2D eigenvalue weighted by Crippen LogP contribution is -2.28. The molecule has 0 amide bonds. The van der Waals surface area contributed by atoms with Crippen LogP contribution in [0, 0.1) is 13.8 Å². The SMILES string of the molecule is CCOC(=O)c1c(C)[nH]c(C)c1C(=O)Cn1nnn(-c2ccccc2)c1=O. The number of rotatable bonds is 6. The molecule has 0 aliphatic rings. The fraction of sp³-hybridized carbons (Fsp3) is 0.278. The third kappa shape index (κ3) is 3.43. The van der Waals surface area contributed by atoms with Crippen LogP contribution < -0.4 is 5.69 Å². The maximum atomic E-state index is 12.8. The molecule has 1 aromatic carbocycles. The van der Waals surface area contributed by atoms with Crippen molar-refractivity contribution in [3.8, 4) is 5.69 Å². The average Bonchev–Trinajstić information content (AvgIpc) is 3.15. The Labute approximate surface area is 154 Å². The number of carbonyl (C=O) groups excluding carboxylic acids is 2. The van der Waals surface area contributed by atoms with Crippen molar-refractivity contribution >= 4 is 11.8 Å². The van der Waals surface area contributed by atoms with Gasteiger partial charge in [0.15, 0.2) is 5.78 Å². The number of esters is 1. The van der Waals surface area contributed by atoms with E-state index in [0.717, 1.165) is 9.36 Å². The molecule has 0 bridgehead atoms. The molecule has 27 heavy (non-hydrogen) atoms. The molecule has 0 aliphatic heterocycles. The summed E-state index contributed by atoms with van der Waals surface area (Å²) in [5, 5.41) is 7.59. The molecule has 9 nitrogen and oxygen atoms in total. The van der Waals surface area contributed by atoms with Crippen LogP contribution in [0.15, 0.2) is 35.1 Å². The Balaban J connectivity index is 1.93. The minimum absolute atomic E-state index is 0.183. The van der Waals surface area contributed by atoms with Gasteiger partial charge in [0.05, 0.1) is 23.4 Å². The first-order chi connectivity index (χ1) is 12.9. The van der Waals surface area contributed by atoms with Crippen LogP contribution in [0.5, 0.6) is 0 Å². The number of H-pyrrole nitrogens is 1. The number of para-hydroxylation sites is 1. The van der Waals surface area contributed by atoms with Gasteiger partial charge in [-0.05, 0) is 43.3 Å². The van der Waals surface area contributed by atoms with E-state index in [-0.39, 0.29) is 24.3 Å². The van der Waals surface area contributed by atoms with Crippen LogP contribution in [0.2, 0.25) is 0 Å². The average molecular weight is 369 g/mol. The summed E-state index contributed by atoms with van der Waals surface area (Å²) in [5.41, 5.74) is 1.45. The topological polar surface area (TPSA) is 112 Å². The van der Waals surface area contributed by atoms with Crippen molar-refractivity contribution in [3.63, 3.8) is 0 Å². The van der Waals surface area contributed by atoms with E-state index in [2.05, 4.69) is 15.4 Å². The maximum Gasteiger partial charge on any atom is 0.368 e. The number of tetrazole rings is 1. The molecular formula is C18H19N5O4. The normalized spacial score (nSPS) is 10.8. The number of hydrogen-bond donors (Lipinski definition) is 1. The van der Waals surface area contributed by atoms with Crippen LogP contribution in [-0.2, 0) is 11.3 Å². The lowest BCUT2D eigenvalue weighted by atomic mass is 10.0. The first kappa shape index (κ1) is 18.3. The minimum Gasteiger partial charge on any atom is -0.462 e. The standard InChI is InChI=1S/C18H19N5O4/c1-4-27-17(25)16-12(3)19-11(2)15(16)14(24)10-22-18(26)23(21-20-22)13-8-6-5-7-9-13/h5-9,19H,4,10H2,1-3H3. The number of nitrogens with one attached hydrogen (secondary N) is 1. The van der Waals surface area contributed by atoms with E-state index >= 15 is 0 Å². The Bertz CT molecular complexity index is 1050. The predicted octanol–water partition coefficient (Wildman–Crippen LogP) is 1.43. The van der Waals surface area contributed by atoms with Crippen molar-refractivity contribution in [2.75, 3.05) is 6.61 Å². The van der Waals surface area contributed by atoms with Crippen molar-refractivity contribution in [1.82, 2.24) is 24.8 Å². The van der Waals surface area contributed by atoms with Gasteiger partial charge >= 0.3 is 11.7 Å². The highest BCUT2D eigenvalue weighted by atomic mass is 16.5. The number of nitrogens with zero attached hydrogens (tertiary/aromatic N) is 4. The van der Waals surface area contributed by atoms with Crippen LogP contribution in [-0.4, -0.2) is 43.1 Å². The zero-order valence-corrected chi connectivity index (χ0v) is 15.2. The molecule has 3 rings (SSSR count). The Morgan fingerprint density at radius 3 is 2.41 bits per heavy atom. The van der Waals surface area contributed by atoms with E-state index in [1.807, 2.05) is 6.07 Å². The van der Waals surface area contributed by atoms with Crippen LogP contribution in [0.4, 0.5) is 0 Å². The van der Waals surface area contributed by atoms with Gasteiger partial charge in [-0.25, -0.2) is 9.59 Å². The molecule has 0 spiro atoms. The van der Waals surface area contributed by atoms with E-state index < -0.39 is 17.4 Å². The zero-order chi connectivity index (χ0) is 19.6. The number of carbonyl (C=O) groups is 2. The summed E-state index contributed by atoms with van der Waals surface area (Å²) in [4.78, 5) is 40.5. The number of Topliss-reactive ketones (excluding diaryl/α,β-unsaturated/α-hetero) is 1. The minimum atomic E-state index is -0.581. The smallest absolute Gasteiger partial charge is 0.368 e. The molecule has 2 heterocycles. The van der Waals surface area contributed by atoms with Crippen molar-refractivity contribution in [3.05, 3.63) is 63.3 Å². The summed E-state index contributed by atoms with van der Waals surface area (Å²) in [6.07, 6.45) is 0. The largest absolute Gasteiger partial charge is 0.462 e. The Hall–Kier alpha value is -3.49. The van der Waals surface area contributed by atoms with Crippen LogP contribution in [0.3, 0.4) is 0 Å². The predicted molar refractivity (Wildman–Crippen MR) is 96.2 cm³/mol. The van der Waals surface area contributed by atoms with E-state index in [9.17, 15) is 14.4 Å². The van der Waals surface area contributed by atoms with Crippen molar-refractivity contribution in [1.29, 1.82) is 0 Å². The summed E-state index contributed by atoms with van der Waals surface area (Å²) in [5.74, 6) is -1.01. The van der Waals surface area contributed by atoms with Crippen molar-refractivity contribution < 1.29 is 14.3 Å². The summed E-state index contributed by atoms with van der Waals surface area (Å²) >= 11 is 0. The highest BCUT2D eigenvalue weighted by Gasteiger charge is 2.26. The van der Waals surface area contributed by atoms with Gasteiger partial charge in [0.1, 0.15) is 6.54 Å². The van der Waals surface area contributed by atoms with E-state index in [1.54, 1.807) is 45.0 Å². The second-order valence-electron chi connectivity index (χ2n) is 5.94. The van der Waals surface area contributed by atoms with Crippen molar-refractivity contribution in [2.24, 2.45) is 0 Å². The fourth-order valence-electron chi connectivity index (χ4n) is 2.91. The van der Waals surface area contributed by atoms with Gasteiger partial charge in [0.25, 0.3) is 0 Å². The summed E-state index contributed by atoms with van der Waals surface area (Å²) in [7, 11) is 0. The molecule has 0 unspecified atom stereocenters. The Morgan fingerprint density at radius 1 is 1.07 bits per heavy atom. The summed E-state index contributed by atoms with van der Waals surface area (Å²) < 4.78 is 7.11. The molecule has 0 radical (unpaired) electrons. The lowest BCUT2D eigenvalue weighted by Gasteiger charge is -2.05. The number of ketones is 1. The highest BCUT2D eigenvalue weighted by Crippen LogP contribution is 2.20. The summed E-state index contributed by atoms with van der Waals surface area (Å²) in [6.45, 7) is 4.92. The molecule has 0 saturated carbocycles. The Kier molecular flexibility index (Phi) is 5.02. The number of hydrogen-bond acceptors (Lipinski definition) is 6. The number of benzene rings is 1. The van der Waals surface area contributed by atoms with Gasteiger partial charge in [0, 0.05) is 11.4 Å². The first-order valence-electron chi connectivity index (χ1n) is 8.41. The monoisotopic (exact) mass is 369 g/mol. The zero-order valence-electron chi connectivity index (χ0n) is 15.2. The van der Waals surface area contributed by atoms with Crippen LogP contribution >= 0.6 is 0 Å². The van der Waals surface area contributed by atoms with Crippen LogP contribution in [0.1, 0.15) is 39.0 Å². The van der Waals surface area contributed by atoms with Gasteiger partial charge in [0.2, 0.25) is 0 Å². The van der Waals surface area contributed by atoms with Gasteiger partial charge in [-0.3, -0.25) is 4.79 Å². The molecular weight excluding hydrogens is 350 g/mol. The molecule has 9 heteroatoms. The first-order valence-corrected chi connectivity index (χ1v) is 8.41. The highest BCUT2D eigenvalue weighted by molar-refractivity contribution is 6.08. The fourth-order valence-corrected chi connectivity index (χ4v) is 2.91. The third-order valence-corrected chi connectivity index (χ3v) is 4.07. The molecule has 2 aromatic heterocycles. The second kappa shape index (κ2) is 7.40. The summed E-state index contributed by atoms with van der Waals surface area (Å²) in [6, 6.07) is 8.77. The van der Waals surface area contributed by atoms with E-state index in [0.29, 0.717) is 17.1 Å². The number of aryl methyl sites for hydroxylation is 2. The molecule has 0 atom stereocenters. The molecule has 0 fully saturated rings. The van der Waals surface area contributed by atoms with Gasteiger partial charge in [-0.15, -0.1) is 0 Å². The van der Waals surface area contributed by atoms with E-state index in [1.165, 1.54) is 0 Å². The third-order valence-electron chi connectivity index (χ3n) is 4.07. The van der Waals surface area contributed by atoms with Gasteiger partial charge < -0.3 is 9.72 Å². The molecule has 0 saturated heterocycles. The van der Waals surface area contributed by atoms with Crippen LogP contribution in [0.25, 0.3) is 5.69 Å².